The molecule has 0 amide bonds. The Hall–Kier alpha value is -2.49. The van der Waals surface area contributed by atoms with Crippen molar-refractivity contribution < 1.29 is 4.74 Å². The van der Waals surface area contributed by atoms with Crippen LogP contribution in [0.1, 0.15) is 22.3 Å². The van der Waals surface area contributed by atoms with E-state index in [0.717, 1.165) is 31.2 Å². The van der Waals surface area contributed by atoms with Crippen LogP contribution in [0, 0.1) is 13.8 Å². The second-order valence-corrected chi connectivity index (χ2v) is 5.88. The molecule has 0 saturated carbocycles. The SMILES string of the molecule is CN=C(NCCc1ccc(C)cc1C)NCc1ccc(OC)cc1. The van der Waals surface area contributed by atoms with E-state index in [1.807, 2.05) is 12.1 Å². The molecule has 0 aliphatic rings. The lowest BCUT2D eigenvalue weighted by Crippen LogP contribution is -2.37. The number of rotatable bonds is 6. The summed E-state index contributed by atoms with van der Waals surface area (Å²) in [5, 5.41) is 6.70. The van der Waals surface area contributed by atoms with Gasteiger partial charge in [0, 0.05) is 20.1 Å². The zero-order valence-corrected chi connectivity index (χ0v) is 15.0. The third-order valence-corrected chi connectivity index (χ3v) is 4.03. The number of ether oxygens (including phenoxy) is 1. The first-order chi connectivity index (χ1) is 11.6. The first-order valence-electron chi connectivity index (χ1n) is 8.26. The van der Waals surface area contributed by atoms with Crippen LogP contribution in [0.4, 0.5) is 0 Å². The molecule has 0 aliphatic carbocycles. The third kappa shape index (κ3) is 5.30. The summed E-state index contributed by atoms with van der Waals surface area (Å²) in [6.45, 7) is 5.87. The van der Waals surface area contributed by atoms with Crippen LogP contribution < -0.4 is 15.4 Å². The van der Waals surface area contributed by atoms with Gasteiger partial charge in [-0.15, -0.1) is 0 Å². The molecular weight excluding hydrogens is 298 g/mol. The Morgan fingerprint density at radius 3 is 2.42 bits per heavy atom. The molecule has 2 aromatic carbocycles. The second kappa shape index (κ2) is 8.96. The van der Waals surface area contributed by atoms with E-state index in [-0.39, 0.29) is 0 Å². The molecule has 2 aromatic rings. The highest BCUT2D eigenvalue weighted by Gasteiger charge is 2.01. The van der Waals surface area contributed by atoms with Crippen molar-refractivity contribution in [1.82, 2.24) is 10.6 Å². The lowest BCUT2D eigenvalue weighted by molar-refractivity contribution is 0.414. The van der Waals surface area contributed by atoms with Gasteiger partial charge in [-0.1, -0.05) is 35.9 Å². The van der Waals surface area contributed by atoms with Gasteiger partial charge in [0.2, 0.25) is 0 Å². The fourth-order valence-corrected chi connectivity index (χ4v) is 2.59. The molecule has 0 spiro atoms. The van der Waals surface area contributed by atoms with Gasteiger partial charge in [0.25, 0.3) is 0 Å². The van der Waals surface area contributed by atoms with E-state index in [9.17, 15) is 0 Å². The number of guanidine groups is 1. The van der Waals surface area contributed by atoms with Crippen molar-refractivity contribution in [3.05, 3.63) is 64.7 Å². The molecular formula is C20H27N3O. The van der Waals surface area contributed by atoms with E-state index in [2.05, 4.69) is 59.8 Å². The summed E-state index contributed by atoms with van der Waals surface area (Å²) >= 11 is 0. The quantitative estimate of drug-likeness (QED) is 0.633. The van der Waals surface area contributed by atoms with E-state index in [4.69, 9.17) is 4.74 Å². The molecule has 0 radical (unpaired) electrons. The Balaban J connectivity index is 1.79. The molecule has 4 heteroatoms. The highest BCUT2D eigenvalue weighted by Crippen LogP contribution is 2.11. The lowest BCUT2D eigenvalue weighted by atomic mass is 10.0. The summed E-state index contributed by atoms with van der Waals surface area (Å²) in [6, 6.07) is 14.6. The van der Waals surface area contributed by atoms with Crippen LogP contribution in [0.25, 0.3) is 0 Å². The van der Waals surface area contributed by atoms with Gasteiger partial charge in [-0.25, -0.2) is 0 Å². The molecule has 128 valence electrons. The summed E-state index contributed by atoms with van der Waals surface area (Å²) in [4.78, 5) is 4.27. The van der Waals surface area contributed by atoms with Crippen molar-refractivity contribution in [3.63, 3.8) is 0 Å². The van der Waals surface area contributed by atoms with Gasteiger partial charge < -0.3 is 15.4 Å². The first-order valence-corrected chi connectivity index (χ1v) is 8.26. The minimum atomic E-state index is 0.729. The number of nitrogens with one attached hydrogen (secondary N) is 2. The molecule has 0 saturated heterocycles. The monoisotopic (exact) mass is 325 g/mol. The number of aryl methyl sites for hydroxylation is 2. The number of aliphatic imine (C=N–C) groups is 1. The molecule has 4 nitrogen and oxygen atoms in total. The summed E-state index contributed by atoms with van der Waals surface area (Å²) in [7, 11) is 3.47. The van der Waals surface area contributed by atoms with Gasteiger partial charge in [-0.2, -0.15) is 0 Å². The average molecular weight is 325 g/mol. The van der Waals surface area contributed by atoms with E-state index in [1.165, 1.54) is 22.3 Å². The fourth-order valence-electron chi connectivity index (χ4n) is 2.59. The molecule has 0 bridgehead atoms. The highest BCUT2D eigenvalue weighted by atomic mass is 16.5. The van der Waals surface area contributed by atoms with Crippen molar-refractivity contribution in [2.24, 2.45) is 4.99 Å². The topological polar surface area (TPSA) is 45.7 Å². The average Bonchev–Trinajstić information content (AvgIpc) is 2.60. The van der Waals surface area contributed by atoms with E-state index < -0.39 is 0 Å². The van der Waals surface area contributed by atoms with E-state index in [0.29, 0.717) is 0 Å². The van der Waals surface area contributed by atoms with Gasteiger partial charge in [0.05, 0.1) is 7.11 Å². The predicted molar refractivity (Wildman–Crippen MR) is 101 cm³/mol. The smallest absolute Gasteiger partial charge is 0.191 e. The molecule has 0 heterocycles. The van der Waals surface area contributed by atoms with Crippen LogP contribution in [0.2, 0.25) is 0 Å². The Bertz CT molecular complexity index is 678. The van der Waals surface area contributed by atoms with Crippen molar-refractivity contribution in [3.8, 4) is 5.75 Å². The maximum Gasteiger partial charge on any atom is 0.191 e. The molecule has 0 unspecified atom stereocenters. The van der Waals surface area contributed by atoms with Gasteiger partial charge in [0.1, 0.15) is 5.75 Å². The Morgan fingerprint density at radius 1 is 1.04 bits per heavy atom. The van der Waals surface area contributed by atoms with Crippen LogP contribution in [0.15, 0.2) is 47.5 Å². The van der Waals surface area contributed by atoms with Gasteiger partial charge in [0.15, 0.2) is 5.96 Å². The zero-order valence-electron chi connectivity index (χ0n) is 15.0. The van der Waals surface area contributed by atoms with Crippen LogP contribution >= 0.6 is 0 Å². The van der Waals surface area contributed by atoms with Crippen LogP contribution in [0.5, 0.6) is 5.75 Å². The minimum Gasteiger partial charge on any atom is -0.497 e. The highest BCUT2D eigenvalue weighted by molar-refractivity contribution is 5.79. The van der Waals surface area contributed by atoms with Gasteiger partial charge in [-0.3, -0.25) is 4.99 Å². The number of hydrogen-bond donors (Lipinski definition) is 2. The molecule has 0 aromatic heterocycles. The Kier molecular flexibility index (Phi) is 6.67. The van der Waals surface area contributed by atoms with E-state index >= 15 is 0 Å². The first kappa shape index (κ1) is 17.9. The summed E-state index contributed by atoms with van der Waals surface area (Å²) in [5.74, 6) is 1.69. The Labute approximate surface area is 145 Å². The third-order valence-electron chi connectivity index (χ3n) is 4.03. The normalized spacial score (nSPS) is 11.2. The van der Waals surface area contributed by atoms with Gasteiger partial charge >= 0.3 is 0 Å². The summed E-state index contributed by atoms with van der Waals surface area (Å²) in [5.41, 5.74) is 5.21. The van der Waals surface area contributed by atoms with Crippen molar-refractivity contribution >= 4 is 5.96 Å². The second-order valence-electron chi connectivity index (χ2n) is 5.88. The minimum absolute atomic E-state index is 0.729. The van der Waals surface area contributed by atoms with Crippen molar-refractivity contribution in [2.75, 3.05) is 20.7 Å². The predicted octanol–water partition coefficient (Wildman–Crippen LogP) is 3.22. The molecule has 2 rings (SSSR count). The van der Waals surface area contributed by atoms with E-state index in [1.54, 1.807) is 14.2 Å². The molecule has 24 heavy (non-hydrogen) atoms. The number of methoxy groups -OCH3 is 1. The number of hydrogen-bond acceptors (Lipinski definition) is 2. The molecule has 0 aliphatic heterocycles. The lowest BCUT2D eigenvalue weighted by Gasteiger charge is -2.13. The van der Waals surface area contributed by atoms with Crippen LogP contribution in [0.3, 0.4) is 0 Å². The summed E-state index contributed by atoms with van der Waals surface area (Å²) < 4.78 is 5.17. The molecule has 0 fully saturated rings. The van der Waals surface area contributed by atoms with Crippen LogP contribution in [-0.4, -0.2) is 26.7 Å². The molecule has 0 atom stereocenters. The maximum absolute atomic E-state index is 5.17. The standard InChI is InChI=1S/C20H27N3O/c1-15-5-8-18(16(2)13-15)11-12-22-20(21-3)23-14-17-6-9-19(24-4)10-7-17/h5-10,13H,11-12,14H2,1-4H3,(H2,21,22,23). The summed E-state index contributed by atoms with van der Waals surface area (Å²) in [6.07, 6.45) is 0.981. The molecule has 2 N–H and O–H groups in total. The van der Waals surface area contributed by atoms with Crippen molar-refractivity contribution in [2.45, 2.75) is 26.8 Å². The van der Waals surface area contributed by atoms with Gasteiger partial charge in [-0.05, 0) is 49.1 Å². The number of benzene rings is 2. The Morgan fingerprint density at radius 2 is 1.79 bits per heavy atom. The largest absolute Gasteiger partial charge is 0.497 e. The number of nitrogens with zero attached hydrogens (tertiary/aromatic N) is 1. The zero-order chi connectivity index (χ0) is 17.4. The maximum atomic E-state index is 5.17. The van der Waals surface area contributed by atoms with Crippen molar-refractivity contribution in [1.29, 1.82) is 0 Å². The fraction of sp³-hybridized carbons (Fsp3) is 0.350. The van der Waals surface area contributed by atoms with Crippen LogP contribution in [-0.2, 0) is 13.0 Å².